The highest BCUT2D eigenvalue weighted by Crippen LogP contribution is 2.21. The van der Waals surface area contributed by atoms with E-state index in [-0.39, 0.29) is 11.5 Å². The van der Waals surface area contributed by atoms with Crippen molar-refractivity contribution in [3.63, 3.8) is 0 Å². The van der Waals surface area contributed by atoms with Crippen molar-refractivity contribution in [1.82, 2.24) is 10.2 Å². The van der Waals surface area contributed by atoms with Crippen molar-refractivity contribution in [3.05, 3.63) is 40.2 Å². The van der Waals surface area contributed by atoms with Crippen molar-refractivity contribution in [2.24, 2.45) is 0 Å². The second kappa shape index (κ2) is 6.19. The van der Waals surface area contributed by atoms with E-state index in [4.69, 9.17) is 9.15 Å². The number of hydrogen-bond donors (Lipinski definition) is 1. The molecule has 1 aliphatic rings. The first kappa shape index (κ1) is 14.6. The van der Waals surface area contributed by atoms with Gasteiger partial charge in [0.15, 0.2) is 0 Å². The van der Waals surface area contributed by atoms with Crippen molar-refractivity contribution in [2.75, 3.05) is 32.8 Å². The first-order chi connectivity index (χ1) is 10.7. The van der Waals surface area contributed by atoms with Crippen LogP contribution in [0.2, 0.25) is 0 Å². The summed E-state index contributed by atoms with van der Waals surface area (Å²) in [5.74, 6) is 0.366. The second-order valence-corrected chi connectivity index (χ2v) is 5.12. The van der Waals surface area contributed by atoms with Gasteiger partial charge < -0.3 is 19.4 Å². The zero-order chi connectivity index (χ0) is 15.5. The van der Waals surface area contributed by atoms with Gasteiger partial charge in [0.1, 0.15) is 16.9 Å². The molecule has 1 aliphatic heterocycles. The smallest absolute Gasteiger partial charge is 0.349 e. The van der Waals surface area contributed by atoms with Crippen LogP contribution < -0.4 is 15.7 Å². The number of hydrogen-bond acceptors (Lipinski definition) is 5. The topological polar surface area (TPSA) is 71.8 Å². The normalized spacial score (nSPS) is 15.0. The molecular formula is C16H18N2O4. The average Bonchev–Trinajstić information content (AvgIpc) is 2.54. The van der Waals surface area contributed by atoms with Gasteiger partial charge in [0.2, 0.25) is 0 Å². The molecule has 0 saturated carbocycles. The number of carbonyl (C=O) groups excluding carboxylic acids is 1. The van der Waals surface area contributed by atoms with E-state index in [1.54, 1.807) is 29.2 Å². The summed E-state index contributed by atoms with van der Waals surface area (Å²) in [6.07, 6.45) is 0. The Morgan fingerprint density at radius 1 is 1.32 bits per heavy atom. The fourth-order valence-electron chi connectivity index (χ4n) is 2.54. The minimum Gasteiger partial charge on any atom is -0.494 e. The van der Waals surface area contributed by atoms with Crippen LogP contribution in [0.4, 0.5) is 0 Å². The van der Waals surface area contributed by atoms with E-state index in [0.717, 1.165) is 13.1 Å². The SMILES string of the molecule is CCOc1ccc2cc(C(=O)N3CCNCC3)c(=O)oc2c1. The summed E-state index contributed by atoms with van der Waals surface area (Å²) in [4.78, 5) is 26.2. The maximum Gasteiger partial charge on any atom is 0.349 e. The Balaban J connectivity index is 1.96. The Kier molecular flexibility index (Phi) is 4.11. The van der Waals surface area contributed by atoms with Crippen LogP contribution >= 0.6 is 0 Å². The zero-order valence-corrected chi connectivity index (χ0v) is 12.4. The minimum absolute atomic E-state index is 0.0820. The lowest BCUT2D eigenvalue weighted by molar-refractivity contribution is 0.0731. The van der Waals surface area contributed by atoms with Crippen LogP contribution in [0.15, 0.2) is 33.5 Å². The highest BCUT2D eigenvalue weighted by molar-refractivity contribution is 5.96. The van der Waals surface area contributed by atoms with E-state index in [1.807, 2.05) is 6.92 Å². The molecule has 1 N–H and O–H groups in total. The number of nitrogens with one attached hydrogen (secondary N) is 1. The van der Waals surface area contributed by atoms with Gasteiger partial charge in [-0.3, -0.25) is 4.79 Å². The summed E-state index contributed by atoms with van der Waals surface area (Å²) in [5, 5.41) is 3.88. The van der Waals surface area contributed by atoms with Crippen LogP contribution in [0.1, 0.15) is 17.3 Å². The average molecular weight is 302 g/mol. The Hall–Kier alpha value is -2.34. The predicted octanol–water partition coefficient (Wildman–Crippen LogP) is 1.24. The van der Waals surface area contributed by atoms with Gasteiger partial charge in [-0.1, -0.05) is 0 Å². The van der Waals surface area contributed by atoms with Gasteiger partial charge in [0.25, 0.3) is 5.91 Å². The van der Waals surface area contributed by atoms with Gasteiger partial charge in [-0.25, -0.2) is 4.79 Å². The summed E-state index contributed by atoms with van der Waals surface area (Å²) in [6, 6.07) is 6.85. The van der Waals surface area contributed by atoms with Crippen molar-refractivity contribution in [3.8, 4) is 5.75 Å². The second-order valence-electron chi connectivity index (χ2n) is 5.12. The van der Waals surface area contributed by atoms with Gasteiger partial charge in [-0.15, -0.1) is 0 Å². The summed E-state index contributed by atoms with van der Waals surface area (Å²) in [5.41, 5.74) is -0.101. The molecule has 6 heteroatoms. The standard InChI is InChI=1S/C16H18N2O4/c1-2-21-12-4-3-11-9-13(16(20)22-14(11)10-12)15(19)18-7-5-17-6-8-18/h3-4,9-10,17H,2,5-8H2,1H3. The number of piperazine rings is 1. The Morgan fingerprint density at radius 2 is 2.09 bits per heavy atom. The molecule has 1 saturated heterocycles. The molecule has 1 fully saturated rings. The third kappa shape index (κ3) is 2.82. The molecule has 1 amide bonds. The van der Waals surface area contributed by atoms with Crippen molar-refractivity contribution < 1.29 is 13.9 Å². The quantitative estimate of drug-likeness (QED) is 0.864. The molecule has 116 valence electrons. The monoisotopic (exact) mass is 302 g/mol. The molecule has 0 radical (unpaired) electrons. The Bertz CT molecular complexity index is 747. The number of ether oxygens (including phenoxy) is 1. The number of carbonyl (C=O) groups is 1. The molecule has 22 heavy (non-hydrogen) atoms. The lowest BCUT2D eigenvalue weighted by Gasteiger charge is -2.27. The third-order valence-corrected chi connectivity index (χ3v) is 3.65. The van der Waals surface area contributed by atoms with Crippen molar-refractivity contribution >= 4 is 16.9 Å². The van der Waals surface area contributed by atoms with Gasteiger partial charge in [-0.2, -0.15) is 0 Å². The van der Waals surface area contributed by atoms with Gasteiger partial charge >= 0.3 is 5.63 Å². The fraction of sp³-hybridized carbons (Fsp3) is 0.375. The highest BCUT2D eigenvalue weighted by Gasteiger charge is 2.22. The summed E-state index contributed by atoms with van der Waals surface area (Å²) in [7, 11) is 0. The van der Waals surface area contributed by atoms with Crippen LogP contribution in [-0.2, 0) is 0 Å². The number of amides is 1. The molecule has 1 aromatic carbocycles. The number of nitrogens with zero attached hydrogens (tertiary/aromatic N) is 1. The van der Waals surface area contributed by atoms with Crippen LogP contribution in [0.25, 0.3) is 11.0 Å². The molecule has 0 unspecified atom stereocenters. The molecule has 2 aromatic rings. The fourth-order valence-corrected chi connectivity index (χ4v) is 2.54. The molecule has 0 aliphatic carbocycles. The Labute approximate surface area is 127 Å². The molecule has 2 heterocycles. The van der Waals surface area contributed by atoms with Crippen LogP contribution in [0, 0.1) is 0 Å². The highest BCUT2D eigenvalue weighted by atomic mass is 16.5. The first-order valence-electron chi connectivity index (χ1n) is 7.39. The van der Waals surface area contributed by atoms with Crippen LogP contribution in [0.3, 0.4) is 0 Å². The number of benzene rings is 1. The van der Waals surface area contributed by atoms with Crippen LogP contribution in [-0.4, -0.2) is 43.6 Å². The van der Waals surface area contributed by atoms with Crippen molar-refractivity contribution in [2.45, 2.75) is 6.92 Å². The largest absolute Gasteiger partial charge is 0.494 e. The van der Waals surface area contributed by atoms with Gasteiger partial charge in [-0.05, 0) is 25.1 Å². The van der Waals surface area contributed by atoms with Crippen LogP contribution in [0.5, 0.6) is 5.75 Å². The summed E-state index contributed by atoms with van der Waals surface area (Å²) >= 11 is 0. The van der Waals surface area contributed by atoms with E-state index in [2.05, 4.69) is 5.32 Å². The minimum atomic E-state index is -0.607. The first-order valence-corrected chi connectivity index (χ1v) is 7.39. The maximum atomic E-state index is 12.4. The molecule has 3 rings (SSSR count). The van der Waals surface area contributed by atoms with Gasteiger partial charge in [0, 0.05) is 37.6 Å². The van der Waals surface area contributed by atoms with E-state index >= 15 is 0 Å². The van der Waals surface area contributed by atoms with E-state index in [1.165, 1.54) is 0 Å². The summed E-state index contributed by atoms with van der Waals surface area (Å²) < 4.78 is 10.7. The lowest BCUT2D eigenvalue weighted by Crippen LogP contribution is -2.47. The predicted molar refractivity (Wildman–Crippen MR) is 82.4 cm³/mol. The Morgan fingerprint density at radius 3 is 2.82 bits per heavy atom. The number of fused-ring (bicyclic) bond motifs is 1. The maximum absolute atomic E-state index is 12.4. The van der Waals surface area contributed by atoms with E-state index < -0.39 is 5.63 Å². The molecular weight excluding hydrogens is 284 g/mol. The molecule has 1 aromatic heterocycles. The molecule has 6 nitrogen and oxygen atoms in total. The van der Waals surface area contributed by atoms with E-state index in [9.17, 15) is 9.59 Å². The zero-order valence-electron chi connectivity index (χ0n) is 12.4. The van der Waals surface area contributed by atoms with Gasteiger partial charge in [0.05, 0.1) is 6.61 Å². The third-order valence-electron chi connectivity index (χ3n) is 3.65. The molecule has 0 bridgehead atoms. The summed E-state index contributed by atoms with van der Waals surface area (Å²) in [6.45, 7) is 5.09. The lowest BCUT2D eigenvalue weighted by atomic mass is 10.1. The number of rotatable bonds is 3. The molecule has 0 spiro atoms. The molecule has 0 atom stereocenters. The van der Waals surface area contributed by atoms with Crippen molar-refractivity contribution in [1.29, 1.82) is 0 Å². The van der Waals surface area contributed by atoms with E-state index in [0.29, 0.717) is 36.4 Å².